The Morgan fingerprint density at radius 1 is 1.50 bits per heavy atom. The van der Waals surface area contributed by atoms with Crippen molar-refractivity contribution in [2.75, 3.05) is 6.61 Å². The fraction of sp³-hybridized carbons (Fsp3) is 0.750. The van der Waals surface area contributed by atoms with Gasteiger partial charge in [-0.15, -0.1) is 0 Å². The van der Waals surface area contributed by atoms with E-state index >= 15 is 0 Å². The molecule has 3 atom stereocenters. The van der Waals surface area contributed by atoms with Crippen LogP contribution in [0.1, 0.15) is 33.1 Å². The molecule has 0 radical (unpaired) electrons. The Balaban J connectivity index is 2.30. The summed E-state index contributed by atoms with van der Waals surface area (Å²) in [6, 6.07) is 0. The van der Waals surface area contributed by atoms with Gasteiger partial charge in [0, 0.05) is 6.08 Å². The number of ether oxygens (including phenoxy) is 1. The van der Waals surface area contributed by atoms with Gasteiger partial charge in [-0.3, -0.25) is 0 Å². The summed E-state index contributed by atoms with van der Waals surface area (Å²) < 4.78 is 5.08. The van der Waals surface area contributed by atoms with Gasteiger partial charge < -0.3 is 4.74 Å². The Morgan fingerprint density at radius 2 is 2.21 bits per heavy atom. The molecule has 0 spiro atoms. The average molecular weight is 196 g/mol. The number of carbonyl (C=O) groups is 1. The molecule has 1 aliphatic rings. The topological polar surface area (TPSA) is 26.3 Å². The smallest absolute Gasteiger partial charge is 0.330 e. The van der Waals surface area contributed by atoms with E-state index in [1.807, 2.05) is 0 Å². The van der Waals surface area contributed by atoms with Gasteiger partial charge in [0.2, 0.25) is 0 Å². The molecule has 3 unspecified atom stereocenters. The van der Waals surface area contributed by atoms with E-state index in [2.05, 4.69) is 20.4 Å². The van der Waals surface area contributed by atoms with Crippen LogP contribution in [0, 0.1) is 17.8 Å². The summed E-state index contributed by atoms with van der Waals surface area (Å²) in [6.45, 7) is 8.50. The van der Waals surface area contributed by atoms with E-state index in [0.29, 0.717) is 18.4 Å². The van der Waals surface area contributed by atoms with E-state index in [0.717, 1.165) is 5.92 Å². The number of rotatable bonds is 3. The molecule has 2 heteroatoms. The van der Waals surface area contributed by atoms with Gasteiger partial charge in [-0.1, -0.05) is 26.8 Å². The molecular weight excluding hydrogens is 176 g/mol. The van der Waals surface area contributed by atoms with Crippen LogP contribution in [0.15, 0.2) is 12.7 Å². The molecule has 2 nitrogen and oxygen atoms in total. The van der Waals surface area contributed by atoms with Crippen molar-refractivity contribution < 1.29 is 9.53 Å². The van der Waals surface area contributed by atoms with Crippen LogP contribution in [-0.4, -0.2) is 12.6 Å². The number of hydrogen-bond donors (Lipinski definition) is 0. The van der Waals surface area contributed by atoms with Crippen molar-refractivity contribution in [1.29, 1.82) is 0 Å². The Hall–Kier alpha value is -0.790. The van der Waals surface area contributed by atoms with E-state index in [-0.39, 0.29) is 5.97 Å². The molecule has 1 fully saturated rings. The number of carbonyl (C=O) groups excluding carboxylic acids is 1. The van der Waals surface area contributed by atoms with Gasteiger partial charge in [-0.2, -0.15) is 0 Å². The summed E-state index contributed by atoms with van der Waals surface area (Å²) in [6.07, 6.45) is 4.94. The highest BCUT2D eigenvalue weighted by atomic mass is 16.5. The van der Waals surface area contributed by atoms with Gasteiger partial charge in [0.25, 0.3) is 0 Å². The van der Waals surface area contributed by atoms with Crippen molar-refractivity contribution in [1.82, 2.24) is 0 Å². The van der Waals surface area contributed by atoms with Crippen LogP contribution in [0.4, 0.5) is 0 Å². The second kappa shape index (κ2) is 5.18. The predicted molar refractivity (Wildman–Crippen MR) is 56.8 cm³/mol. The van der Waals surface area contributed by atoms with Crippen molar-refractivity contribution in [3.05, 3.63) is 12.7 Å². The summed E-state index contributed by atoms with van der Waals surface area (Å²) >= 11 is 0. The normalized spacial score (nSPS) is 32.3. The zero-order valence-corrected chi connectivity index (χ0v) is 9.16. The van der Waals surface area contributed by atoms with E-state index < -0.39 is 0 Å². The molecular formula is C12H20O2. The molecule has 1 aliphatic carbocycles. The van der Waals surface area contributed by atoms with E-state index in [1.54, 1.807) is 0 Å². The van der Waals surface area contributed by atoms with Crippen LogP contribution in [0.25, 0.3) is 0 Å². The van der Waals surface area contributed by atoms with Crippen molar-refractivity contribution in [3.8, 4) is 0 Å². The van der Waals surface area contributed by atoms with Gasteiger partial charge in [0.05, 0.1) is 6.61 Å². The zero-order valence-electron chi connectivity index (χ0n) is 9.16. The van der Waals surface area contributed by atoms with Crippen LogP contribution in [-0.2, 0) is 9.53 Å². The molecule has 0 bridgehead atoms. The first-order valence-electron chi connectivity index (χ1n) is 5.42. The van der Waals surface area contributed by atoms with E-state index in [9.17, 15) is 4.79 Å². The quantitative estimate of drug-likeness (QED) is 0.512. The molecule has 0 aromatic rings. The molecule has 0 aromatic heterocycles. The van der Waals surface area contributed by atoms with Crippen molar-refractivity contribution >= 4 is 5.97 Å². The summed E-state index contributed by atoms with van der Waals surface area (Å²) in [4.78, 5) is 10.9. The molecule has 0 aromatic carbocycles. The Bertz CT molecular complexity index is 210. The minimum Gasteiger partial charge on any atom is -0.462 e. The van der Waals surface area contributed by atoms with E-state index in [1.165, 1.54) is 25.3 Å². The summed E-state index contributed by atoms with van der Waals surface area (Å²) in [7, 11) is 0. The lowest BCUT2D eigenvalue weighted by molar-refractivity contribution is -0.140. The SMILES string of the molecule is C=CC(=O)OCC1CCC(C)CC1C. The lowest BCUT2D eigenvalue weighted by Gasteiger charge is -2.31. The average Bonchev–Trinajstić information content (AvgIpc) is 2.16. The molecule has 0 amide bonds. The molecule has 80 valence electrons. The largest absolute Gasteiger partial charge is 0.462 e. The zero-order chi connectivity index (χ0) is 10.6. The van der Waals surface area contributed by atoms with Crippen molar-refractivity contribution in [2.24, 2.45) is 17.8 Å². The van der Waals surface area contributed by atoms with Crippen molar-refractivity contribution in [3.63, 3.8) is 0 Å². The molecule has 14 heavy (non-hydrogen) atoms. The van der Waals surface area contributed by atoms with Crippen LogP contribution >= 0.6 is 0 Å². The third-order valence-corrected chi connectivity index (χ3v) is 3.22. The Labute approximate surface area is 86.3 Å². The maximum atomic E-state index is 10.9. The highest BCUT2D eigenvalue weighted by Gasteiger charge is 2.25. The van der Waals surface area contributed by atoms with Gasteiger partial charge in [0.15, 0.2) is 0 Å². The third-order valence-electron chi connectivity index (χ3n) is 3.22. The second-order valence-corrected chi connectivity index (χ2v) is 4.49. The first-order chi connectivity index (χ1) is 6.63. The molecule has 0 heterocycles. The third kappa shape index (κ3) is 3.17. The van der Waals surface area contributed by atoms with Gasteiger partial charge >= 0.3 is 5.97 Å². The highest BCUT2D eigenvalue weighted by Crippen LogP contribution is 2.33. The first kappa shape index (κ1) is 11.3. The number of esters is 1. The summed E-state index contributed by atoms with van der Waals surface area (Å²) in [5.41, 5.74) is 0. The maximum Gasteiger partial charge on any atom is 0.330 e. The minimum atomic E-state index is -0.296. The van der Waals surface area contributed by atoms with Gasteiger partial charge in [-0.05, 0) is 30.6 Å². The lowest BCUT2D eigenvalue weighted by atomic mass is 9.76. The highest BCUT2D eigenvalue weighted by molar-refractivity contribution is 5.81. The standard InChI is InChI=1S/C12H20O2/c1-4-12(13)14-8-11-6-5-9(2)7-10(11)3/h4,9-11H,1,5-8H2,2-3H3. The fourth-order valence-electron chi connectivity index (χ4n) is 2.22. The maximum absolute atomic E-state index is 10.9. The molecule has 0 saturated heterocycles. The summed E-state index contributed by atoms with van der Waals surface area (Å²) in [5, 5.41) is 0. The van der Waals surface area contributed by atoms with Gasteiger partial charge in [-0.25, -0.2) is 4.79 Å². The Morgan fingerprint density at radius 3 is 2.79 bits per heavy atom. The molecule has 0 aliphatic heterocycles. The van der Waals surface area contributed by atoms with Crippen LogP contribution in [0.2, 0.25) is 0 Å². The van der Waals surface area contributed by atoms with Crippen LogP contribution in [0.3, 0.4) is 0 Å². The lowest BCUT2D eigenvalue weighted by Crippen LogP contribution is -2.26. The molecule has 1 rings (SSSR count). The van der Waals surface area contributed by atoms with Crippen molar-refractivity contribution in [2.45, 2.75) is 33.1 Å². The molecule has 1 saturated carbocycles. The minimum absolute atomic E-state index is 0.296. The predicted octanol–water partition coefficient (Wildman–Crippen LogP) is 2.79. The molecule has 0 N–H and O–H groups in total. The van der Waals surface area contributed by atoms with Crippen LogP contribution in [0.5, 0.6) is 0 Å². The first-order valence-corrected chi connectivity index (χ1v) is 5.42. The fourth-order valence-corrected chi connectivity index (χ4v) is 2.22. The van der Waals surface area contributed by atoms with Gasteiger partial charge in [0.1, 0.15) is 0 Å². The number of hydrogen-bond acceptors (Lipinski definition) is 2. The van der Waals surface area contributed by atoms with E-state index in [4.69, 9.17) is 4.74 Å². The van der Waals surface area contributed by atoms with Crippen LogP contribution < -0.4 is 0 Å². The monoisotopic (exact) mass is 196 g/mol. The summed E-state index contributed by atoms with van der Waals surface area (Å²) in [5.74, 6) is 1.76. The Kier molecular flexibility index (Phi) is 4.18. The second-order valence-electron chi connectivity index (χ2n) is 4.49.